The Kier molecular flexibility index (Phi) is 32.2. The second kappa shape index (κ2) is 35.6. The molecule has 0 bridgehead atoms. The van der Waals surface area contributed by atoms with Crippen molar-refractivity contribution < 1.29 is 63.0 Å². The fraction of sp³-hybridized carbons (Fsp3) is 0.790. The molecule has 0 aromatic rings. The lowest BCUT2D eigenvalue weighted by molar-refractivity contribution is -0.157. The summed E-state index contributed by atoms with van der Waals surface area (Å²) in [6.07, 6.45) is 2.22. The molecule has 3 unspecified atom stereocenters. The first kappa shape index (κ1) is 77.8. The van der Waals surface area contributed by atoms with Crippen molar-refractivity contribution in [3.8, 4) is 0 Å². The molecule has 86 heavy (non-hydrogen) atoms. The quantitative estimate of drug-likeness (QED) is 0.121. The van der Waals surface area contributed by atoms with Crippen molar-refractivity contribution in [2.24, 2.45) is 41.4 Å². The molecule has 1 saturated heterocycles. The molecule has 492 valence electrons. The van der Waals surface area contributed by atoms with Gasteiger partial charge in [-0.1, -0.05) is 109 Å². The first-order chi connectivity index (χ1) is 39.7. The number of aliphatic hydroxyl groups is 2. The average molecular weight is 1220 g/mol. The van der Waals surface area contributed by atoms with Crippen molar-refractivity contribution in [3.05, 3.63) is 12.2 Å². The van der Waals surface area contributed by atoms with E-state index >= 15 is 9.59 Å². The number of rotatable bonds is 16. The summed E-state index contributed by atoms with van der Waals surface area (Å²) < 4.78 is 0. The van der Waals surface area contributed by atoms with Crippen LogP contribution in [0.3, 0.4) is 0 Å². The van der Waals surface area contributed by atoms with E-state index in [2.05, 4.69) is 21.3 Å². The van der Waals surface area contributed by atoms with E-state index in [9.17, 15) is 53.4 Å². The lowest BCUT2D eigenvalue weighted by atomic mass is 9.91. The van der Waals surface area contributed by atoms with Crippen molar-refractivity contribution in [1.82, 2.24) is 55.6 Å². The second-order valence-corrected chi connectivity index (χ2v) is 26.2. The van der Waals surface area contributed by atoms with E-state index in [1.54, 1.807) is 47.6 Å². The van der Waals surface area contributed by atoms with Gasteiger partial charge in [0.15, 0.2) is 0 Å². The molecule has 0 radical (unpaired) electrons. The molecule has 1 rings (SSSR count). The minimum atomic E-state index is -1.67. The molecule has 1 aliphatic heterocycles. The third kappa shape index (κ3) is 21.9. The number of nitrogens with one attached hydrogen (secondary N) is 4. The summed E-state index contributed by atoms with van der Waals surface area (Å²) in [5.74, 6) is -10.1. The maximum absolute atomic E-state index is 15.1. The number of aliphatic hydroxyl groups excluding tert-OH is 2. The molecule has 0 saturated carbocycles. The van der Waals surface area contributed by atoms with Gasteiger partial charge in [-0.3, -0.25) is 52.7 Å². The molecule has 11 amide bonds. The fourth-order valence-electron chi connectivity index (χ4n) is 10.7. The van der Waals surface area contributed by atoms with Crippen LogP contribution in [0.4, 0.5) is 0 Å². The minimum Gasteiger partial charge on any atom is -0.392 e. The third-order valence-electron chi connectivity index (χ3n) is 16.1. The van der Waals surface area contributed by atoms with Gasteiger partial charge in [0.2, 0.25) is 65.0 Å². The Labute approximate surface area is 513 Å². The van der Waals surface area contributed by atoms with E-state index < -0.39 is 156 Å². The normalized spacial score (nSPS) is 26.7. The zero-order chi connectivity index (χ0) is 66.7. The van der Waals surface area contributed by atoms with Gasteiger partial charge in [-0.05, 0) is 93.8 Å². The zero-order valence-electron chi connectivity index (χ0n) is 56.2. The monoisotopic (exact) mass is 1220 g/mol. The zero-order valence-corrected chi connectivity index (χ0v) is 56.2. The lowest BCUT2D eigenvalue weighted by Crippen LogP contribution is -2.63. The van der Waals surface area contributed by atoms with Crippen LogP contribution in [-0.4, -0.2) is 238 Å². The molecular weight excluding hydrogens is 1110 g/mol. The van der Waals surface area contributed by atoms with Gasteiger partial charge < -0.3 is 65.8 Å². The van der Waals surface area contributed by atoms with Crippen molar-refractivity contribution >= 4 is 65.0 Å². The number of carbonyl (C=O) groups is 11. The molecule has 24 nitrogen and oxygen atoms in total. The summed E-state index contributed by atoms with van der Waals surface area (Å²) >= 11 is 0. The minimum absolute atomic E-state index is 0.00425. The molecule has 1 fully saturated rings. The summed E-state index contributed by atoms with van der Waals surface area (Å²) in [5.41, 5.74) is 0. The Balaban J connectivity index is 4.33. The van der Waals surface area contributed by atoms with E-state index in [-0.39, 0.29) is 68.8 Å². The van der Waals surface area contributed by atoms with E-state index in [0.717, 1.165) is 9.80 Å². The predicted molar refractivity (Wildman–Crippen MR) is 330 cm³/mol. The number of amides is 11. The summed E-state index contributed by atoms with van der Waals surface area (Å²) in [4.78, 5) is 168. The van der Waals surface area contributed by atoms with Gasteiger partial charge in [0.25, 0.3) is 0 Å². The van der Waals surface area contributed by atoms with Crippen LogP contribution in [0.1, 0.15) is 149 Å². The highest BCUT2D eigenvalue weighted by Gasteiger charge is 2.45. The van der Waals surface area contributed by atoms with E-state index in [4.69, 9.17) is 0 Å². The number of carbonyl (C=O) groups excluding carboxylic acids is 11. The van der Waals surface area contributed by atoms with Gasteiger partial charge in [-0.25, -0.2) is 0 Å². The van der Waals surface area contributed by atoms with Crippen LogP contribution < -0.4 is 21.3 Å². The van der Waals surface area contributed by atoms with Crippen LogP contribution >= 0.6 is 0 Å². The highest BCUT2D eigenvalue weighted by atomic mass is 16.3. The maximum atomic E-state index is 15.1. The lowest BCUT2D eigenvalue weighted by Gasteiger charge is -2.41. The van der Waals surface area contributed by atoms with Crippen LogP contribution in [0.25, 0.3) is 0 Å². The highest BCUT2D eigenvalue weighted by Crippen LogP contribution is 2.26. The van der Waals surface area contributed by atoms with E-state index in [0.29, 0.717) is 0 Å². The Morgan fingerprint density at radius 2 is 0.872 bits per heavy atom. The standard InChI is InChI=1S/C62H111N11O13/c1-24-43-58(82)67(17)33-48(75)68(18)44(29-34(2)3)55(79)66-49(38(10)11)61(85)69(19)45(30-35(4)5)54(78)63-41(15)53(77)64-42(16)57(81)70(20)46(31-36(6)7)59(83)71(21)47(32-37(8)9)60(84)72(22)50(39(12)13)62(86)73(23)51(56(80)65-43)52(76)40(14)27-25-26-28-74/h25-26,34-47,49-52,74,76H,24,27-33H2,1-23H3,(H,63,78)(H,64,77)(H,65,80)(H,66,79)/b26-25+/t40-,41?,42-,43?,44-,45-,46+,47+,49-,50+,51?,52-/m1/s1. The van der Waals surface area contributed by atoms with Crippen LogP contribution in [0.2, 0.25) is 0 Å². The number of likely N-dealkylation sites (N-methyl/N-ethyl adjacent to an activating group) is 7. The topological polar surface area (TPSA) is 299 Å². The molecule has 12 atom stereocenters. The smallest absolute Gasteiger partial charge is 0.246 e. The number of allylic oxidation sites excluding steroid dienone is 1. The van der Waals surface area contributed by atoms with Crippen molar-refractivity contribution in [2.45, 2.75) is 216 Å². The molecule has 1 aliphatic rings. The van der Waals surface area contributed by atoms with Gasteiger partial charge in [0.05, 0.1) is 19.3 Å². The number of hydrogen-bond donors (Lipinski definition) is 6. The van der Waals surface area contributed by atoms with Gasteiger partial charge in [-0.2, -0.15) is 0 Å². The molecule has 0 spiro atoms. The Morgan fingerprint density at radius 3 is 1.33 bits per heavy atom. The fourth-order valence-corrected chi connectivity index (χ4v) is 10.7. The average Bonchev–Trinajstić information content (AvgIpc) is 1.45. The van der Waals surface area contributed by atoms with Gasteiger partial charge in [0, 0.05) is 49.3 Å². The largest absolute Gasteiger partial charge is 0.392 e. The summed E-state index contributed by atoms with van der Waals surface area (Å²) in [6, 6.07) is -12.5. The molecule has 0 aliphatic carbocycles. The molecule has 0 aromatic heterocycles. The van der Waals surface area contributed by atoms with Crippen LogP contribution in [0.5, 0.6) is 0 Å². The summed E-state index contributed by atoms with van der Waals surface area (Å²) in [6.45, 7) is 27.0. The van der Waals surface area contributed by atoms with E-state index in [1.807, 2.05) is 55.4 Å². The van der Waals surface area contributed by atoms with Gasteiger partial charge in [0.1, 0.15) is 60.4 Å². The van der Waals surface area contributed by atoms with Crippen LogP contribution in [0, 0.1) is 41.4 Å². The Morgan fingerprint density at radius 1 is 0.453 bits per heavy atom. The molecular formula is C62H111N11O13. The number of nitrogens with zero attached hydrogens (tertiary/aromatic N) is 7. The maximum Gasteiger partial charge on any atom is 0.246 e. The molecule has 24 heteroatoms. The first-order valence-electron chi connectivity index (χ1n) is 30.7. The van der Waals surface area contributed by atoms with Gasteiger partial charge in [-0.15, -0.1) is 0 Å². The van der Waals surface area contributed by atoms with Crippen LogP contribution in [0.15, 0.2) is 12.2 Å². The van der Waals surface area contributed by atoms with Crippen molar-refractivity contribution in [1.29, 1.82) is 0 Å². The molecule has 1 heterocycles. The SMILES string of the molecule is CCC1NC(=O)C([C@H](O)[C@H](C)C/C=C/CO)N(C)C(=O)[C@H](C(C)C)N(C)C(=O)[C@H](CC(C)C)N(C)C(=O)[C@H](CC(C)C)N(C)C(=O)[C@@H](C)NC(=O)C(C)NC(=O)[C@@H](CC(C)C)N(C)C(=O)[C@@H](C(C)C)NC(=O)[C@@H](CC(C)C)N(C)C(=O)CN(C)C1=O. The highest BCUT2D eigenvalue weighted by molar-refractivity contribution is 5.99. The second-order valence-electron chi connectivity index (χ2n) is 26.2. The first-order valence-corrected chi connectivity index (χ1v) is 30.7. The van der Waals surface area contributed by atoms with Crippen molar-refractivity contribution in [2.75, 3.05) is 62.5 Å². The summed E-state index contributed by atoms with van der Waals surface area (Å²) in [7, 11) is 9.80. The van der Waals surface area contributed by atoms with Crippen molar-refractivity contribution in [3.63, 3.8) is 0 Å². The molecule has 0 aromatic carbocycles. The third-order valence-corrected chi connectivity index (χ3v) is 16.1. The van der Waals surface area contributed by atoms with Gasteiger partial charge >= 0.3 is 0 Å². The Bertz CT molecular complexity index is 2350. The Hall–Kier alpha value is -6.17. The van der Waals surface area contributed by atoms with Crippen LogP contribution in [-0.2, 0) is 52.7 Å². The molecule has 6 N–H and O–H groups in total. The van der Waals surface area contributed by atoms with E-state index in [1.165, 1.54) is 93.8 Å². The predicted octanol–water partition coefficient (Wildman–Crippen LogP) is 2.24. The summed E-state index contributed by atoms with van der Waals surface area (Å²) in [5, 5.41) is 32.5. The number of hydrogen-bond acceptors (Lipinski definition) is 13.